The summed E-state index contributed by atoms with van der Waals surface area (Å²) in [4.78, 5) is 0. The van der Waals surface area contributed by atoms with E-state index in [4.69, 9.17) is 0 Å². The smallest absolute Gasteiger partial charge is 0.117 e. The summed E-state index contributed by atoms with van der Waals surface area (Å²) in [6.45, 7) is 14.5. The van der Waals surface area contributed by atoms with Crippen molar-refractivity contribution in [1.82, 2.24) is 0 Å². The summed E-state index contributed by atoms with van der Waals surface area (Å²) in [6.07, 6.45) is 3.27. The molecule has 0 bridgehead atoms. The Hall–Kier alpha value is -0.760. The number of hydrogen-bond acceptors (Lipinski definition) is 2. The summed E-state index contributed by atoms with van der Waals surface area (Å²) in [5, 5.41) is 20.9. The highest BCUT2D eigenvalue weighted by Gasteiger charge is 2.45. The molecule has 1 aliphatic rings. The summed E-state index contributed by atoms with van der Waals surface area (Å²) in [6, 6.07) is 0. The lowest BCUT2D eigenvalue weighted by Gasteiger charge is -2.46. The largest absolute Gasteiger partial charge is 0.508 e. The van der Waals surface area contributed by atoms with Gasteiger partial charge in [-0.3, -0.25) is 0 Å². The van der Waals surface area contributed by atoms with Crippen molar-refractivity contribution in [3.63, 3.8) is 0 Å². The molecule has 0 amide bonds. The molecule has 0 saturated carbocycles. The lowest BCUT2D eigenvalue weighted by Crippen LogP contribution is -2.46. The third-order valence-corrected chi connectivity index (χ3v) is 3.91. The SMILES string of the molecule is CC1=CC(O)(C(C)(C)CC(C)(C)C)CC(C)=C1O. The van der Waals surface area contributed by atoms with E-state index in [-0.39, 0.29) is 10.8 Å². The summed E-state index contributed by atoms with van der Waals surface area (Å²) >= 11 is 0. The second-order valence-corrected chi connectivity index (χ2v) is 7.68. The van der Waals surface area contributed by atoms with E-state index in [0.717, 1.165) is 17.6 Å². The van der Waals surface area contributed by atoms with Crippen LogP contribution >= 0.6 is 0 Å². The number of aliphatic hydroxyl groups excluding tert-OH is 1. The van der Waals surface area contributed by atoms with Crippen molar-refractivity contribution in [1.29, 1.82) is 0 Å². The van der Waals surface area contributed by atoms with Crippen molar-refractivity contribution in [3.8, 4) is 0 Å². The van der Waals surface area contributed by atoms with E-state index in [2.05, 4.69) is 34.6 Å². The van der Waals surface area contributed by atoms with Gasteiger partial charge in [-0.1, -0.05) is 34.6 Å². The van der Waals surface area contributed by atoms with Gasteiger partial charge >= 0.3 is 0 Å². The molecule has 18 heavy (non-hydrogen) atoms. The molecule has 1 aliphatic carbocycles. The van der Waals surface area contributed by atoms with Gasteiger partial charge in [-0.2, -0.15) is 0 Å². The highest BCUT2D eigenvalue weighted by Crippen LogP contribution is 2.47. The predicted octanol–water partition coefficient (Wildman–Crippen LogP) is 4.36. The van der Waals surface area contributed by atoms with E-state index in [1.165, 1.54) is 0 Å². The van der Waals surface area contributed by atoms with Gasteiger partial charge in [-0.15, -0.1) is 0 Å². The molecular formula is C16H28O2. The van der Waals surface area contributed by atoms with Gasteiger partial charge in [0.2, 0.25) is 0 Å². The van der Waals surface area contributed by atoms with Crippen LogP contribution < -0.4 is 0 Å². The van der Waals surface area contributed by atoms with Gasteiger partial charge in [0.25, 0.3) is 0 Å². The topological polar surface area (TPSA) is 40.5 Å². The molecule has 0 aromatic heterocycles. The molecule has 2 nitrogen and oxygen atoms in total. The number of aliphatic hydroxyl groups is 2. The number of allylic oxidation sites excluding steroid dienone is 1. The normalized spacial score (nSPS) is 26.3. The minimum Gasteiger partial charge on any atom is -0.508 e. The van der Waals surface area contributed by atoms with Crippen LogP contribution in [0.2, 0.25) is 0 Å². The molecule has 0 spiro atoms. The van der Waals surface area contributed by atoms with E-state index in [1.807, 2.05) is 19.9 Å². The second kappa shape index (κ2) is 4.41. The van der Waals surface area contributed by atoms with Gasteiger partial charge in [-0.05, 0) is 48.3 Å². The average molecular weight is 252 g/mol. The standard InChI is InChI=1S/C16H28O2/c1-11-8-16(18,9-12(2)13(11)17)15(6,7)10-14(3,4)5/h8,17-18H,9-10H2,1-7H3. The van der Waals surface area contributed by atoms with Crippen LogP contribution in [0.5, 0.6) is 0 Å². The Bertz CT molecular complexity index is 394. The first-order valence-electron chi connectivity index (χ1n) is 6.69. The lowest BCUT2D eigenvalue weighted by atomic mass is 9.63. The molecule has 0 fully saturated rings. The van der Waals surface area contributed by atoms with Crippen LogP contribution in [0, 0.1) is 10.8 Å². The molecule has 104 valence electrons. The maximum absolute atomic E-state index is 11.0. The highest BCUT2D eigenvalue weighted by molar-refractivity contribution is 5.37. The fraction of sp³-hybridized carbons (Fsp3) is 0.750. The Balaban J connectivity index is 3.10. The average Bonchev–Trinajstić information content (AvgIpc) is 2.09. The van der Waals surface area contributed by atoms with E-state index in [1.54, 1.807) is 0 Å². The fourth-order valence-electron chi connectivity index (χ4n) is 3.22. The number of hydrogen-bond donors (Lipinski definition) is 2. The summed E-state index contributed by atoms with van der Waals surface area (Å²) < 4.78 is 0. The van der Waals surface area contributed by atoms with Crippen molar-refractivity contribution in [2.75, 3.05) is 0 Å². The van der Waals surface area contributed by atoms with E-state index in [0.29, 0.717) is 12.2 Å². The van der Waals surface area contributed by atoms with Crippen molar-refractivity contribution < 1.29 is 10.2 Å². The molecule has 0 aromatic carbocycles. The third-order valence-electron chi connectivity index (χ3n) is 3.91. The Kier molecular flexibility index (Phi) is 3.75. The Morgan fingerprint density at radius 3 is 2.06 bits per heavy atom. The van der Waals surface area contributed by atoms with Crippen LogP contribution in [-0.4, -0.2) is 15.8 Å². The molecule has 0 aliphatic heterocycles. The van der Waals surface area contributed by atoms with E-state index >= 15 is 0 Å². The van der Waals surface area contributed by atoms with E-state index < -0.39 is 5.60 Å². The van der Waals surface area contributed by atoms with Crippen molar-refractivity contribution in [2.24, 2.45) is 10.8 Å². The van der Waals surface area contributed by atoms with Crippen LogP contribution in [0.1, 0.15) is 61.3 Å². The molecular weight excluding hydrogens is 224 g/mol. The zero-order valence-electron chi connectivity index (χ0n) is 12.9. The molecule has 1 rings (SSSR count). The lowest BCUT2D eigenvalue weighted by molar-refractivity contribution is -0.0477. The molecule has 2 N–H and O–H groups in total. The first-order chi connectivity index (χ1) is 7.88. The molecule has 0 heterocycles. The molecule has 1 unspecified atom stereocenters. The van der Waals surface area contributed by atoms with Gasteiger partial charge in [0.15, 0.2) is 0 Å². The monoisotopic (exact) mass is 252 g/mol. The van der Waals surface area contributed by atoms with Crippen LogP contribution in [0.4, 0.5) is 0 Å². The number of rotatable bonds is 2. The van der Waals surface area contributed by atoms with Gasteiger partial charge in [-0.25, -0.2) is 0 Å². The molecule has 0 saturated heterocycles. The van der Waals surface area contributed by atoms with Crippen LogP contribution in [0.25, 0.3) is 0 Å². The van der Waals surface area contributed by atoms with Crippen LogP contribution in [0.15, 0.2) is 23.0 Å². The maximum Gasteiger partial charge on any atom is 0.117 e. The molecule has 2 heteroatoms. The Labute approximate surface area is 111 Å². The minimum absolute atomic E-state index is 0.165. The second-order valence-electron chi connectivity index (χ2n) is 7.68. The summed E-state index contributed by atoms with van der Waals surface area (Å²) in [5.74, 6) is 0.339. The van der Waals surface area contributed by atoms with Crippen molar-refractivity contribution >= 4 is 0 Å². The van der Waals surface area contributed by atoms with Gasteiger partial charge in [0, 0.05) is 6.42 Å². The van der Waals surface area contributed by atoms with Gasteiger partial charge in [0.1, 0.15) is 5.76 Å². The maximum atomic E-state index is 11.0. The minimum atomic E-state index is -0.874. The first-order valence-corrected chi connectivity index (χ1v) is 6.69. The fourth-order valence-corrected chi connectivity index (χ4v) is 3.22. The van der Waals surface area contributed by atoms with E-state index in [9.17, 15) is 10.2 Å². The Morgan fingerprint density at radius 1 is 1.17 bits per heavy atom. The molecule has 0 aromatic rings. The Morgan fingerprint density at radius 2 is 1.67 bits per heavy atom. The highest BCUT2D eigenvalue weighted by atomic mass is 16.3. The quantitative estimate of drug-likeness (QED) is 0.766. The van der Waals surface area contributed by atoms with Gasteiger partial charge in [0.05, 0.1) is 5.60 Å². The predicted molar refractivity (Wildman–Crippen MR) is 76.5 cm³/mol. The molecule has 0 radical (unpaired) electrons. The summed E-state index contributed by atoms with van der Waals surface area (Å²) in [7, 11) is 0. The van der Waals surface area contributed by atoms with Crippen molar-refractivity contribution in [3.05, 3.63) is 23.0 Å². The molecule has 1 atom stereocenters. The van der Waals surface area contributed by atoms with Crippen LogP contribution in [0.3, 0.4) is 0 Å². The van der Waals surface area contributed by atoms with Gasteiger partial charge < -0.3 is 10.2 Å². The van der Waals surface area contributed by atoms with Crippen LogP contribution in [-0.2, 0) is 0 Å². The third kappa shape index (κ3) is 2.97. The van der Waals surface area contributed by atoms with Crippen molar-refractivity contribution in [2.45, 2.75) is 66.9 Å². The zero-order valence-corrected chi connectivity index (χ0v) is 12.9. The zero-order chi connectivity index (χ0) is 14.4. The summed E-state index contributed by atoms with van der Waals surface area (Å²) in [5.41, 5.74) is 0.718. The first kappa shape index (κ1) is 15.3.